The number of hydrogen-bond donors (Lipinski definition) is 0. The highest BCUT2D eigenvalue weighted by Crippen LogP contribution is 2.52. The second-order valence-corrected chi connectivity index (χ2v) is 7.69. The summed E-state index contributed by atoms with van der Waals surface area (Å²) in [6.07, 6.45) is 0.965. The third kappa shape index (κ3) is 1.92. The molecule has 1 aliphatic carbocycles. The topological polar surface area (TPSA) is 0 Å². The Labute approximate surface area is 111 Å². The summed E-state index contributed by atoms with van der Waals surface area (Å²) in [5.74, 6) is 0. The third-order valence-corrected chi connectivity index (χ3v) is 3.86. The fourth-order valence-corrected chi connectivity index (χ4v) is 3.43. The Kier molecular flexibility index (Phi) is 1.82. The smallest absolute Gasteiger partial charge is 0.0617 e. The van der Waals surface area contributed by atoms with Crippen LogP contribution < -0.4 is 0 Å². The lowest BCUT2D eigenvalue weighted by Gasteiger charge is -2.29. The molecule has 2 rings (SSSR count). The summed E-state index contributed by atoms with van der Waals surface area (Å²) in [5.41, 5.74) is 2.79. The van der Waals surface area contributed by atoms with Gasteiger partial charge >= 0.3 is 0 Å². The molecule has 94 valence electrons. The Morgan fingerprint density at radius 2 is 1.65 bits per heavy atom. The van der Waals surface area contributed by atoms with Crippen molar-refractivity contribution >= 4 is 0 Å². The molecule has 0 unspecified atom stereocenters. The van der Waals surface area contributed by atoms with Crippen molar-refractivity contribution in [3.63, 3.8) is 0 Å². The standard InChI is InChI=1S/C17H26/c1-15(2,3)12-9-8-10-13-14(12)17(6,7)11-16(13,4)5/h8-10H,11H2,1-7H3/i8D,9D,10D. The van der Waals surface area contributed by atoms with E-state index in [1.54, 1.807) is 0 Å². The number of hydrogen-bond acceptors (Lipinski definition) is 0. The van der Waals surface area contributed by atoms with Crippen molar-refractivity contribution in [2.75, 3.05) is 0 Å². The summed E-state index contributed by atoms with van der Waals surface area (Å²) in [5, 5.41) is 0. The van der Waals surface area contributed by atoms with Crippen LogP contribution in [0.15, 0.2) is 18.1 Å². The summed E-state index contributed by atoms with van der Waals surface area (Å²) >= 11 is 0. The molecule has 1 aromatic rings. The van der Waals surface area contributed by atoms with Gasteiger partial charge in [-0.25, -0.2) is 0 Å². The molecule has 0 atom stereocenters. The van der Waals surface area contributed by atoms with Crippen molar-refractivity contribution in [1.82, 2.24) is 0 Å². The van der Waals surface area contributed by atoms with E-state index in [9.17, 15) is 0 Å². The van der Waals surface area contributed by atoms with Gasteiger partial charge < -0.3 is 0 Å². The largest absolute Gasteiger partial charge is 0.0626 e. The van der Waals surface area contributed by atoms with Gasteiger partial charge in [0.2, 0.25) is 0 Å². The van der Waals surface area contributed by atoms with Gasteiger partial charge in [0.1, 0.15) is 0 Å². The highest BCUT2D eigenvalue weighted by Gasteiger charge is 2.44. The van der Waals surface area contributed by atoms with Crippen molar-refractivity contribution in [1.29, 1.82) is 0 Å². The van der Waals surface area contributed by atoms with Gasteiger partial charge in [-0.2, -0.15) is 0 Å². The Bertz CT molecular complexity index is 575. The van der Waals surface area contributed by atoms with E-state index in [2.05, 4.69) is 48.5 Å². The zero-order chi connectivity index (χ0) is 15.7. The number of fused-ring (bicyclic) bond motifs is 1. The summed E-state index contributed by atoms with van der Waals surface area (Å²) in [4.78, 5) is 0. The molecule has 0 nitrogen and oxygen atoms in total. The lowest BCUT2D eigenvalue weighted by molar-refractivity contribution is 0.399. The van der Waals surface area contributed by atoms with Gasteiger partial charge in [-0.3, -0.25) is 0 Å². The molecular formula is C17H26. The molecule has 0 heterocycles. The Morgan fingerprint density at radius 3 is 2.18 bits per heavy atom. The van der Waals surface area contributed by atoms with Crippen molar-refractivity contribution in [2.45, 2.75) is 71.1 Å². The van der Waals surface area contributed by atoms with Gasteiger partial charge in [-0.15, -0.1) is 0 Å². The molecule has 0 spiro atoms. The van der Waals surface area contributed by atoms with Gasteiger partial charge in [0, 0.05) is 0 Å². The van der Waals surface area contributed by atoms with Crippen LogP contribution in [-0.2, 0) is 16.2 Å². The lowest BCUT2D eigenvalue weighted by Crippen LogP contribution is -2.22. The van der Waals surface area contributed by atoms with Crippen molar-refractivity contribution in [2.24, 2.45) is 0 Å². The van der Waals surface area contributed by atoms with E-state index in [0.717, 1.165) is 23.1 Å². The molecule has 1 aromatic carbocycles. The zero-order valence-corrected chi connectivity index (χ0v) is 12.2. The molecule has 17 heavy (non-hydrogen) atoms. The number of rotatable bonds is 0. The van der Waals surface area contributed by atoms with E-state index in [-0.39, 0.29) is 34.4 Å². The SMILES string of the molecule is [2H]c1c([2H])c(C(C)(C)C)c2c(c1[2H])C(C)(C)CC2(C)C. The predicted molar refractivity (Wildman–Crippen MR) is 75.8 cm³/mol. The fourth-order valence-electron chi connectivity index (χ4n) is 3.43. The maximum Gasteiger partial charge on any atom is 0.0626 e. The normalized spacial score (nSPS) is 23.8. The highest BCUT2D eigenvalue weighted by atomic mass is 14.5. The average molecular weight is 233 g/mol. The monoisotopic (exact) mass is 233 g/mol. The Hall–Kier alpha value is -0.780. The fraction of sp³-hybridized carbons (Fsp3) is 0.647. The van der Waals surface area contributed by atoms with Crippen LogP contribution in [-0.4, -0.2) is 0 Å². The summed E-state index contributed by atoms with van der Waals surface area (Å²) in [6, 6.07) is 0.583. The summed E-state index contributed by atoms with van der Waals surface area (Å²) in [7, 11) is 0. The number of benzene rings is 1. The van der Waals surface area contributed by atoms with Crippen molar-refractivity contribution in [3.05, 3.63) is 34.8 Å². The van der Waals surface area contributed by atoms with E-state index in [1.165, 1.54) is 0 Å². The molecule has 0 saturated carbocycles. The van der Waals surface area contributed by atoms with Crippen LogP contribution in [0.3, 0.4) is 0 Å². The molecule has 0 saturated heterocycles. The van der Waals surface area contributed by atoms with E-state index in [0.29, 0.717) is 0 Å². The van der Waals surface area contributed by atoms with E-state index in [4.69, 9.17) is 4.11 Å². The molecule has 0 bridgehead atoms. The highest BCUT2D eigenvalue weighted by molar-refractivity contribution is 5.51. The first kappa shape index (κ1) is 9.19. The first-order valence-electron chi connectivity index (χ1n) is 7.96. The van der Waals surface area contributed by atoms with Gasteiger partial charge in [0.15, 0.2) is 0 Å². The van der Waals surface area contributed by atoms with Crippen LogP contribution in [0.1, 0.15) is 75.7 Å². The van der Waals surface area contributed by atoms with Crippen LogP contribution >= 0.6 is 0 Å². The van der Waals surface area contributed by atoms with Crippen LogP contribution in [0, 0.1) is 0 Å². The van der Waals surface area contributed by atoms with E-state index < -0.39 is 0 Å². The van der Waals surface area contributed by atoms with Gasteiger partial charge in [0.05, 0.1) is 4.11 Å². The maximum absolute atomic E-state index is 8.36. The van der Waals surface area contributed by atoms with Gasteiger partial charge in [-0.05, 0) is 39.4 Å². The first-order valence-corrected chi connectivity index (χ1v) is 6.46. The van der Waals surface area contributed by atoms with Crippen LogP contribution in [0.2, 0.25) is 0 Å². The van der Waals surface area contributed by atoms with E-state index in [1.807, 2.05) is 0 Å². The quantitative estimate of drug-likeness (QED) is 0.595. The first-order chi connectivity index (χ1) is 8.81. The Balaban J connectivity index is 3.01. The van der Waals surface area contributed by atoms with Gasteiger partial charge in [-0.1, -0.05) is 66.6 Å². The van der Waals surface area contributed by atoms with Crippen LogP contribution in [0.25, 0.3) is 0 Å². The molecule has 0 aliphatic heterocycles. The summed E-state index contributed by atoms with van der Waals surface area (Å²) < 4.78 is 24.9. The second kappa shape index (κ2) is 3.37. The molecule has 0 fully saturated rings. The van der Waals surface area contributed by atoms with E-state index >= 15 is 0 Å². The molecule has 0 heteroatoms. The molecule has 0 aromatic heterocycles. The minimum absolute atomic E-state index is 0.0409. The van der Waals surface area contributed by atoms with Crippen molar-refractivity contribution < 1.29 is 4.11 Å². The molecular weight excluding hydrogens is 204 g/mol. The van der Waals surface area contributed by atoms with Gasteiger partial charge in [0.25, 0.3) is 0 Å². The van der Waals surface area contributed by atoms with Crippen LogP contribution in [0.4, 0.5) is 0 Å². The molecule has 0 amide bonds. The third-order valence-electron chi connectivity index (χ3n) is 3.86. The Morgan fingerprint density at radius 1 is 1.06 bits per heavy atom. The van der Waals surface area contributed by atoms with Crippen LogP contribution in [0.5, 0.6) is 0 Å². The lowest BCUT2D eigenvalue weighted by atomic mass is 9.75. The molecule has 1 aliphatic rings. The predicted octanol–water partition coefficient (Wildman–Crippen LogP) is 4.94. The second-order valence-electron chi connectivity index (χ2n) is 7.69. The average Bonchev–Trinajstić information content (AvgIpc) is 2.39. The minimum Gasteiger partial charge on any atom is -0.0617 e. The van der Waals surface area contributed by atoms with Crippen molar-refractivity contribution in [3.8, 4) is 0 Å². The summed E-state index contributed by atoms with van der Waals surface area (Å²) in [6.45, 7) is 15.0. The minimum atomic E-state index is -0.178. The molecule has 0 N–H and O–H groups in total. The molecule has 0 radical (unpaired) electrons. The zero-order valence-electron chi connectivity index (χ0n) is 15.2. The maximum atomic E-state index is 8.36.